The lowest BCUT2D eigenvalue weighted by atomic mass is 9.85. The average molecular weight is 380 g/mol. The summed E-state index contributed by atoms with van der Waals surface area (Å²) in [5, 5.41) is 0.451. The molecule has 1 aliphatic heterocycles. The number of nitrogens with zero attached hydrogens (tertiary/aromatic N) is 1. The van der Waals surface area contributed by atoms with E-state index < -0.39 is 22.0 Å². The highest BCUT2D eigenvalue weighted by atomic mass is 35.5. The van der Waals surface area contributed by atoms with E-state index in [0.717, 1.165) is 5.56 Å². The Hall–Kier alpha value is -1.89. The van der Waals surface area contributed by atoms with Crippen molar-refractivity contribution in [3.05, 3.63) is 65.2 Å². The fourth-order valence-electron chi connectivity index (χ4n) is 2.96. The molecular weight excluding hydrogens is 362 g/mol. The zero-order valence-corrected chi connectivity index (χ0v) is 15.2. The molecule has 1 saturated heterocycles. The summed E-state index contributed by atoms with van der Waals surface area (Å²) in [5.41, 5.74) is 0.920. The molecule has 1 fully saturated rings. The van der Waals surface area contributed by atoms with Crippen LogP contribution < -0.4 is 0 Å². The first-order valence-corrected chi connectivity index (χ1v) is 9.76. The number of carbonyl (C=O) groups excluding carboxylic acids is 1. The summed E-state index contributed by atoms with van der Waals surface area (Å²) in [7, 11) is -3.80. The number of halogens is 1. The number of esters is 1. The Morgan fingerprint density at radius 3 is 2.40 bits per heavy atom. The maximum absolute atomic E-state index is 12.9. The molecule has 5 nitrogen and oxygen atoms in total. The molecule has 2 atom stereocenters. The topological polar surface area (TPSA) is 63.7 Å². The van der Waals surface area contributed by atoms with E-state index in [4.69, 9.17) is 16.3 Å². The molecule has 0 amide bonds. The quantitative estimate of drug-likeness (QED) is 0.749. The molecular formula is C18H18ClNO4S. The van der Waals surface area contributed by atoms with Crippen LogP contribution in [-0.4, -0.2) is 37.9 Å². The molecule has 0 saturated carbocycles. The van der Waals surface area contributed by atoms with Crippen LogP contribution >= 0.6 is 11.6 Å². The third-order valence-corrected chi connectivity index (χ3v) is 6.36. The first kappa shape index (κ1) is 17.9. The molecule has 2 aromatic rings. The second-order valence-corrected chi connectivity index (χ2v) is 8.07. The molecule has 0 unspecified atom stereocenters. The minimum Gasteiger partial charge on any atom is -0.465 e. The highest BCUT2D eigenvalue weighted by Crippen LogP contribution is 2.39. The monoisotopic (exact) mass is 379 g/mol. The summed E-state index contributed by atoms with van der Waals surface area (Å²) in [4.78, 5) is 12.5. The lowest BCUT2D eigenvalue weighted by Gasteiger charge is -2.45. The lowest BCUT2D eigenvalue weighted by Crippen LogP contribution is -2.61. The molecule has 2 aromatic carbocycles. The van der Waals surface area contributed by atoms with Gasteiger partial charge in [0, 0.05) is 17.5 Å². The number of hydrogen-bond donors (Lipinski definition) is 0. The number of rotatable bonds is 5. The van der Waals surface area contributed by atoms with Gasteiger partial charge >= 0.3 is 5.97 Å². The number of ether oxygens (including phenoxy) is 1. The SMILES string of the molecule is CCOC(=O)[C@H]1[C@H](c2ccccc2)CN1S(=O)(=O)c1ccc(Cl)cc1. The van der Waals surface area contributed by atoms with Crippen molar-refractivity contribution in [2.75, 3.05) is 13.2 Å². The van der Waals surface area contributed by atoms with Gasteiger partial charge in [-0.25, -0.2) is 8.42 Å². The summed E-state index contributed by atoms with van der Waals surface area (Å²) in [6, 6.07) is 14.5. The first-order chi connectivity index (χ1) is 11.9. The number of sulfonamides is 1. The normalized spacial score (nSPS) is 20.7. The fraction of sp³-hybridized carbons (Fsp3) is 0.278. The van der Waals surface area contributed by atoms with Gasteiger partial charge in [-0.15, -0.1) is 0 Å². The second-order valence-electron chi connectivity index (χ2n) is 5.74. The van der Waals surface area contributed by atoms with Crippen LogP contribution in [0.15, 0.2) is 59.5 Å². The molecule has 0 radical (unpaired) electrons. The molecule has 0 aliphatic carbocycles. The largest absolute Gasteiger partial charge is 0.465 e. The van der Waals surface area contributed by atoms with E-state index in [1.54, 1.807) is 6.92 Å². The number of carbonyl (C=O) groups is 1. The van der Waals surface area contributed by atoms with E-state index in [-0.39, 0.29) is 24.0 Å². The van der Waals surface area contributed by atoms with E-state index in [1.165, 1.54) is 28.6 Å². The summed E-state index contributed by atoms with van der Waals surface area (Å²) >= 11 is 5.83. The zero-order chi connectivity index (χ0) is 18.0. The van der Waals surface area contributed by atoms with Crippen molar-refractivity contribution < 1.29 is 17.9 Å². The predicted molar refractivity (Wildman–Crippen MR) is 94.9 cm³/mol. The van der Waals surface area contributed by atoms with E-state index in [1.807, 2.05) is 30.3 Å². The minimum atomic E-state index is -3.80. The molecule has 0 aromatic heterocycles. The van der Waals surface area contributed by atoms with Crippen LogP contribution in [0.1, 0.15) is 18.4 Å². The van der Waals surface area contributed by atoms with Crippen LogP contribution in [0, 0.1) is 0 Å². The van der Waals surface area contributed by atoms with Gasteiger partial charge in [0.25, 0.3) is 0 Å². The van der Waals surface area contributed by atoms with Gasteiger partial charge in [0.1, 0.15) is 6.04 Å². The van der Waals surface area contributed by atoms with Gasteiger partial charge in [-0.05, 0) is 36.8 Å². The minimum absolute atomic E-state index is 0.109. The Labute approximate surface area is 152 Å². The van der Waals surface area contributed by atoms with Crippen LogP contribution in [-0.2, 0) is 19.6 Å². The van der Waals surface area contributed by atoms with Crippen LogP contribution in [0.3, 0.4) is 0 Å². The fourth-order valence-corrected chi connectivity index (χ4v) is 4.72. The van der Waals surface area contributed by atoms with Gasteiger partial charge in [0.05, 0.1) is 11.5 Å². The van der Waals surface area contributed by atoms with E-state index >= 15 is 0 Å². The van der Waals surface area contributed by atoms with Crippen LogP contribution in [0.2, 0.25) is 5.02 Å². The average Bonchev–Trinajstić information content (AvgIpc) is 2.55. The molecule has 0 N–H and O–H groups in total. The molecule has 0 bridgehead atoms. The van der Waals surface area contributed by atoms with E-state index in [2.05, 4.69) is 0 Å². The smallest absolute Gasteiger partial charge is 0.325 e. The molecule has 0 spiro atoms. The highest BCUT2D eigenvalue weighted by molar-refractivity contribution is 7.89. The molecule has 7 heteroatoms. The van der Waals surface area contributed by atoms with Gasteiger partial charge in [-0.1, -0.05) is 41.9 Å². The van der Waals surface area contributed by atoms with Crippen LogP contribution in [0.5, 0.6) is 0 Å². The first-order valence-electron chi connectivity index (χ1n) is 7.94. The standard InChI is InChI=1S/C18H18ClNO4S/c1-2-24-18(21)17-16(13-6-4-3-5-7-13)12-20(17)25(22,23)15-10-8-14(19)9-11-15/h3-11,16-17H,2,12H2,1H3/t16-,17+/m0/s1. The highest BCUT2D eigenvalue weighted by Gasteiger charge is 2.51. The van der Waals surface area contributed by atoms with Crippen LogP contribution in [0.25, 0.3) is 0 Å². The lowest BCUT2D eigenvalue weighted by molar-refractivity contribution is -0.152. The third kappa shape index (κ3) is 3.42. The van der Waals surface area contributed by atoms with E-state index in [9.17, 15) is 13.2 Å². The summed E-state index contributed by atoms with van der Waals surface area (Å²) < 4.78 is 32.1. The molecule has 25 heavy (non-hydrogen) atoms. The summed E-state index contributed by atoms with van der Waals surface area (Å²) in [6.45, 7) is 2.14. The Balaban J connectivity index is 1.93. The Morgan fingerprint density at radius 1 is 1.16 bits per heavy atom. The van der Waals surface area contributed by atoms with Gasteiger partial charge < -0.3 is 4.74 Å². The zero-order valence-electron chi connectivity index (χ0n) is 13.6. The van der Waals surface area contributed by atoms with Gasteiger partial charge in [0.15, 0.2) is 0 Å². The molecule has 1 heterocycles. The molecule has 3 rings (SSSR count). The van der Waals surface area contributed by atoms with Crippen molar-refractivity contribution in [3.63, 3.8) is 0 Å². The maximum Gasteiger partial charge on any atom is 0.325 e. The van der Waals surface area contributed by atoms with Gasteiger partial charge in [0.2, 0.25) is 10.0 Å². The number of hydrogen-bond acceptors (Lipinski definition) is 4. The molecule has 1 aliphatic rings. The Bertz CT molecular complexity index is 852. The molecule has 132 valence electrons. The Kier molecular flexibility index (Phi) is 5.13. The number of benzene rings is 2. The van der Waals surface area contributed by atoms with Crippen molar-refractivity contribution >= 4 is 27.6 Å². The van der Waals surface area contributed by atoms with Crippen molar-refractivity contribution in [2.45, 2.75) is 23.8 Å². The van der Waals surface area contributed by atoms with Crippen molar-refractivity contribution in [1.82, 2.24) is 4.31 Å². The van der Waals surface area contributed by atoms with Crippen molar-refractivity contribution in [1.29, 1.82) is 0 Å². The van der Waals surface area contributed by atoms with E-state index in [0.29, 0.717) is 5.02 Å². The summed E-state index contributed by atoms with van der Waals surface area (Å²) in [5.74, 6) is -0.748. The van der Waals surface area contributed by atoms with Crippen molar-refractivity contribution in [3.8, 4) is 0 Å². The Morgan fingerprint density at radius 2 is 1.80 bits per heavy atom. The predicted octanol–water partition coefficient (Wildman–Crippen LogP) is 3.06. The summed E-state index contributed by atoms with van der Waals surface area (Å²) in [6.07, 6.45) is 0. The van der Waals surface area contributed by atoms with Crippen LogP contribution in [0.4, 0.5) is 0 Å². The van der Waals surface area contributed by atoms with Gasteiger partial charge in [-0.3, -0.25) is 4.79 Å². The van der Waals surface area contributed by atoms with Gasteiger partial charge in [-0.2, -0.15) is 4.31 Å². The third-order valence-electron chi connectivity index (χ3n) is 4.24. The second kappa shape index (κ2) is 7.15. The van der Waals surface area contributed by atoms with Crippen molar-refractivity contribution in [2.24, 2.45) is 0 Å². The maximum atomic E-state index is 12.9.